The number of nitrogens with zero attached hydrogens (tertiary/aromatic N) is 1. The lowest BCUT2D eigenvalue weighted by Gasteiger charge is -2.20. The van der Waals surface area contributed by atoms with Crippen LogP contribution in [-0.4, -0.2) is 6.21 Å². The van der Waals surface area contributed by atoms with Crippen LogP contribution in [0.2, 0.25) is 0 Å². The Bertz CT molecular complexity index is 972. The first-order chi connectivity index (χ1) is 13.4. The minimum absolute atomic E-state index is 0.671. The van der Waals surface area contributed by atoms with Gasteiger partial charge in [-0.05, 0) is 30.7 Å². The molecule has 4 aromatic rings. The van der Waals surface area contributed by atoms with Gasteiger partial charge < -0.3 is 0 Å². The topological polar surface area (TPSA) is 12.4 Å². The molecule has 1 radical (unpaired) electrons. The van der Waals surface area contributed by atoms with Crippen molar-refractivity contribution in [3.8, 4) is 0 Å². The van der Waals surface area contributed by atoms with E-state index in [0.717, 1.165) is 11.3 Å². The van der Waals surface area contributed by atoms with E-state index in [1.807, 2.05) is 36.5 Å². The van der Waals surface area contributed by atoms with Crippen LogP contribution in [0.4, 0.5) is 5.69 Å². The zero-order valence-electron chi connectivity index (χ0n) is 14.9. The van der Waals surface area contributed by atoms with Crippen LogP contribution in [0, 0.1) is 6.07 Å². The average Bonchev–Trinajstić information content (AvgIpc) is 2.76. The summed E-state index contributed by atoms with van der Waals surface area (Å²) in [5, 5.41) is 3.91. The maximum Gasteiger partial charge on any atom is 0.0713 e. The van der Waals surface area contributed by atoms with Crippen LogP contribution >= 0.6 is 7.92 Å². The summed E-state index contributed by atoms with van der Waals surface area (Å²) in [6.45, 7) is 0. The highest BCUT2D eigenvalue weighted by Crippen LogP contribution is 2.36. The van der Waals surface area contributed by atoms with Gasteiger partial charge in [0.05, 0.1) is 5.69 Å². The highest BCUT2D eigenvalue weighted by molar-refractivity contribution is 7.80. The molecule has 27 heavy (non-hydrogen) atoms. The Hall–Kier alpha value is -3.02. The maximum absolute atomic E-state index is 4.81. The predicted octanol–water partition coefficient (Wildman–Crippen LogP) is 5.00. The zero-order chi connectivity index (χ0) is 18.3. The molecule has 0 spiro atoms. The normalized spacial score (nSPS) is 11.1. The van der Waals surface area contributed by atoms with Crippen molar-refractivity contribution in [1.29, 1.82) is 0 Å². The van der Waals surface area contributed by atoms with E-state index in [2.05, 4.69) is 84.9 Å². The SMILES string of the molecule is [c]1ccccc1C=Nc1ccccc1P(c1ccccc1)c1ccccc1. The Kier molecular flexibility index (Phi) is 5.53. The first-order valence-corrected chi connectivity index (χ1v) is 10.3. The molecule has 4 aromatic carbocycles. The summed E-state index contributed by atoms with van der Waals surface area (Å²) in [7, 11) is -0.671. The number of aliphatic imine (C=N–C) groups is 1. The molecule has 4 rings (SSSR count). The number of hydrogen-bond acceptors (Lipinski definition) is 1. The van der Waals surface area contributed by atoms with Crippen molar-refractivity contribution in [2.24, 2.45) is 4.99 Å². The number of hydrogen-bond donors (Lipinski definition) is 0. The summed E-state index contributed by atoms with van der Waals surface area (Å²) in [5.74, 6) is 0. The number of para-hydroxylation sites is 1. The summed E-state index contributed by atoms with van der Waals surface area (Å²) in [6, 6.07) is 41.0. The minimum atomic E-state index is -0.671. The fourth-order valence-electron chi connectivity index (χ4n) is 2.97. The van der Waals surface area contributed by atoms with Crippen molar-refractivity contribution in [2.75, 3.05) is 0 Å². The van der Waals surface area contributed by atoms with E-state index in [1.54, 1.807) is 0 Å². The molecule has 0 amide bonds. The zero-order valence-corrected chi connectivity index (χ0v) is 15.8. The monoisotopic (exact) mass is 364 g/mol. The molecular weight excluding hydrogens is 345 g/mol. The lowest BCUT2D eigenvalue weighted by atomic mass is 10.2. The maximum atomic E-state index is 4.81. The molecule has 0 aliphatic carbocycles. The number of benzene rings is 4. The quantitative estimate of drug-likeness (QED) is 0.349. The van der Waals surface area contributed by atoms with Gasteiger partial charge in [-0.15, -0.1) is 0 Å². The molecule has 0 aromatic heterocycles. The summed E-state index contributed by atoms with van der Waals surface area (Å²) in [4.78, 5) is 4.81. The first kappa shape index (κ1) is 17.4. The lowest BCUT2D eigenvalue weighted by molar-refractivity contribution is 1.55. The molecule has 0 aliphatic heterocycles. The van der Waals surface area contributed by atoms with Crippen molar-refractivity contribution < 1.29 is 0 Å². The van der Waals surface area contributed by atoms with E-state index in [1.165, 1.54) is 15.9 Å². The molecule has 2 heteroatoms. The fraction of sp³-hybridized carbons (Fsp3) is 0. The molecule has 0 unspecified atom stereocenters. The van der Waals surface area contributed by atoms with Gasteiger partial charge in [0.1, 0.15) is 0 Å². The van der Waals surface area contributed by atoms with Crippen LogP contribution in [-0.2, 0) is 0 Å². The van der Waals surface area contributed by atoms with Gasteiger partial charge in [0.15, 0.2) is 0 Å². The Morgan fingerprint density at radius 2 is 1.22 bits per heavy atom. The van der Waals surface area contributed by atoms with Gasteiger partial charge in [-0.1, -0.05) is 103 Å². The molecule has 0 atom stereocenters. The third kappa shape index (κ3) is 4.22. The minimum Gasteiger partial charge on any atom is -0.256 e. The molecule has 0 fully saturated rings. The van der Waals surface area contributed by atoms with Crippen LogP contribution in [0.1, 0.15) is 5.56 Å². The Morgan fingerprint density at radius 1 is 0.630 bits per heavy atom. The summed E-state index contributed by atoms with van der Waals surface area (Å²) in [5.41, 5.74) is 1.99. The van der Waals surface area contributed by atoms with E-state index in [9.17, 15) is 0 Å². The smallest absolute Gasteiger partial charge is 0.0713 e. The molecule has 0 saturated heterocycles. The molecule has 129 valence electrons. The van der Waals surface area contributed by atoms with Crippen molar-refractivity contribution in [3.63, 3.8) is 0 Å². The largest absolute Gasteiger partial charge is 0.256 e. The molecule has 1 nitrogen and oxygen atoms in total. The standard InChI is InChI=1S/C25H19NP/c1-4-12-21(13-5-1)20-26-24-18-10-11-19-25(24)27(22-14-6-2-7-15-22)23-16-8-3-9-17-23/h1-12,14-20H. The summed E-state index contributed by atoms with van der Waals surface area (Å²) in [6.07, 6.45) is 1.89. The second-order valence-electron chi connectivity index (χ2n) is 6.07. The molecule has 0 N–H and O–H groups in total. The van der Waals surface area contributed by atoms with Crippen LogP contribution in [0.3, 0.4) is 0 Å². The van der Waals surface area contributed by atoms with Gasteiger partial charge in [0.25, 0.3) is 0 Å². The molecule has 0 heterocycles. The van der Waals surface area contributed by atoms with Gasteiger partial charge in [-0.3, -0.25) is 4.99 Å². The number of rotatable bonds is 5. The van der Waals surface area contributed by atoms with Crippen LogP contribution in [0.15, 0.2) is 114 Å². The first-order valence-electron chi connectivity index (χ1n) is 8.92. The van der Waals surface area contributed by atoms with E-state index in [-0.39, 0.29) is 0 Å². The second-order valence-corrected chi connectivity index (χ2v) is 8.26. The van der Waals surface area contributed by atoms with E-state index in [0.29, 0.717) is 0 Å². The fourth-order valence-corrected chi connectivity index (χ4v) is 5.36. The molecule has 0 saturated carbocycles. The summed E-state index contributed by atoms with van der Waals surface area (Å²) >= 11 is 0. The van der Waals surface area contributed by atoms with Crippen molar-refractivity contribution >= 4 is 35.7 Å². The van der Waals surface area contributed by atoms with Crippen LogP contribution in [0.25, 0.3) is 0 Å². The van der Waals surface area contributed by atoms with Gasteiger partial charge in [0.2, 0.25) is 0 Å². The van der Waals surface area contributed by atoms with E-state index < -0.39 is 7.92 Å². The Balaban J connectivity index is 1.81. The Morgan fingerprint density at radius 3 is 1.85 bits per heavy atom. The molecular formula is C25H19NP. The highest BCUT2D eigenvalue weighted by atomic mass is 31.1. The van der Waals surface area contributed by atoms with Gasteiger partial charge in [-0.25, -0.2) is 0 Å². The molecule has 0 bridgehead atoms. The van der Waals surface area contributed by atoms with Gasteiger partial charge >= 0.3 is 0 Å². The van der Waals surface area contributed by atoms with Gasteiger partial charge in [0, 0.05) is 17.1 Å². The average molecular weight is 364 g/mol. The highest BCUT2D eigenvalue weighted by Gasteiger charge is 2.18. The van der Waals surface area contributed by atoms with Crippen molar-refractivity contribution in [2.45, 2.75) is 0 Å². The van der Waals surface area contributed by atoms with Crippen molar-refractivity contribution in [3.05, 3.63) is 121 Å². The third-order valence-corrected chi connectivity index (χ3v) is 6.72. The second kappa shape index (κ2) is 8.58. The van der Waals surface area contributed by atoms with E-state index >= 15 is 0 Å². The van der Waals surface area contributed by atoms with Gasteiger partial charge in [-0.2, -0.15) is 0 Å². The molecule has 0 aliphatic rings. The lowest BCUT2D eigenvalue weighted by Crippen LogP contribution is -2.20. The Labute approximate surface area is 161 Å². The van der Waals surface area contributed by atoms with Crippen LogP contribution in [0.5, 0.6) is 0 Å². The van der Waals surface area contributed by atoms with Crippen LogP contribution < -0.4 is 15.9 Å². The predicted molar refractivity (Wildman–Crippen MR) is 118 cm³/mol. The van der Waals surface area contributed by atoms with Crippen molar-refractivity contribution in [1.82, 2.24) is 0 Å². The summed E-state index contributed by atoms with van der Waals surface area (Å²) < 4.78 is 0. The third-order valence-electron chi connectivity index (χ3n) is 4.23. The van der Waals surface area contributed by atoms with E-state index in [4.69, 9.17) is 4.99 Å².